The molecule has 2 nitrogen and oxygen atoms in total. The first-order chi connectivity index (χ1) is 6.34. The first kappa shape index (κ1) is 10.4. The maximum atomic E-state index is 9.33. The van der Waals surface area contributed by atoms with Crippen LogP contribution in [0.15, 0.2) is 24.3 Å². The molecule has 0 aromatic heterocycles. The molecule has 0 fully saturated rings. The average Bonchev–Trinajstić information content (AvgIpc) is 2.15. The van der Waals surface area contributed by atoms with Crippen molar-refractivity contribution in [1.29, 1.82) is 0 Å². The van der Waals surface area contributed by atoms with Gasteiger partial charge >= 0.3 is 7.48 Å². The molecular weight excluding hydrogens is 231 g/mol. The van der Waals surface area contributed by atoms with E-state index in [1.165, 1.54) is 0 Å². The maximum absolute atomic E-state index is 9.33. The molecule has 0 aliphatic rings. The fraction of sp³-hybridized carbons (Fsp3) is 0.333. The van der Waals surface area contributed by atoms with E-state index in [-0.39, 0.29) is 5.75 Å². The van der Waals surface area contributed by atoms with Crippen LogP contribution in [-0.4, -0.2) is 17.9 Å². The van der Waals surface area contributed by atoms with Crippen molar-refractivity contribution in [1.82, 2.24) is 0 Å². The van der Waals surface area contributed by atoms with Crippen LogP contribution in [0.5, 0.6) is 11.5 Å². The number of phenolic OH excluding ortho intramolecular Hbond substituents is 1. The predicted molar refractivity (Wildman–Crippen MR) is 59.1 cm³/mol. The van der Waals surface area contributed by atoms with Crippen LogP contribution in [0.25, 0.3) is 0 Å². The summed E-state index contributed by atoms with van der Waals surface area (Å²) in [5.74, 6) is 0.776. The van der Waals surface area contributed by atoms with Crippen LogP contribution in [0.4, 0.5) is 0 Å². The van der Waals surface area contributed by atoms with Crippen molar-refractivity contribution in [3.8, 4) is 11.5 Å². The van der Waals surface area contributed by atoms with Gasteiger partial charge in [-0.2, -0.15) is 0 Å². The zero-order valence-electron chi connectivity index (χ0n) is 7.37. The molecule has 70 valence electrons. The molecule has 0 heterocycles. The van der Waals surface area contributed by atoms with Crippen molar-refractivity contribution >= 4 is 23.4 Å². The Morgan fingerprint density at radius 2 is 2.15 bits per heavy atom. The second-order valence-electron chi connectivity index (χ2n) is 2.71. The Balaban J connectivity index is 2.32. The molecule has 13 heavy (non-hydrogen) atoms. The van der Waals surface area contributed by atoms with Crippen molar-refractivity contribution in [3.05, 3.63) is 24.3 Å². The Labute approximate surface area is 87.3 Å². The molecule has 1 aromatic carbocycles. The van der Waals surface area contributed by atoms with Crippen LogP contribution in [-0.2, 0) is 0 Å². The van der Waals surface area contributed by atoms with Crippen LogP contribution in [0.1, 0.15) is 6.42 Å². The molecule has 4 heteroatoms. The summed E-state index contributed by atoms with van der Waals surface area (Å²) < 4.78 is 5.37. The summed E-state index contributed by atoms with van der Waals surface area (Å²) >= 11 is 3.35. The molecular formula is C9H12BBrO2. The predicted octanol–water partition coefficient (Wildman–Crippen LogP) is 2.33. The number of para-hydroxylation sites is 2. The number of phenols is 1. The summed E-state index contributed by atoms with van der Waals surface area (Å²) in [5.41, 5.74) is 0. The average molecular weight is 243 g/mol. The van der Waals surface area contributed by atoms with E-state index in [1.807, 2.05) is 6.07 Å². The van der Waals surface area contributed by atoms with Gasteiger partial charge in [0.05, 0.1) is 0 Å². The van der Waals surface area contributed by atoms with Gasteiger partial charge in [0.15, 0.2) is 5.75 Å². The molecule has 0 bridgehead atoms. The fourth-order valence-electron chi connectivity index (χ4n) is 0.958. The first-order valence-corrected chi connectivity index (χ1v) is 5.43. The number of hydrogen-bond acceptors (Lipinski definition) is 2. The molecule has 0 amide bonds. The Morgan fingerprint density at radius 3 is 2.85 bits per heavy atom. The number of aromatic hydroxyl groups is 1. The number of alkyl halides is 1. The smallest absolute Gasteiger partial charge is 0.340 e. The van der Waals surface area contributed by atoms with E-state index in [0.717, 1.165) is 18.1 Å². The van der Waals surface area contributed by atoms with Crippen molar-refractivity contribution in [2.75, 3.05) is 5.33 Å². The van der Waals surface area contributed by atoms with E-state index in [2.05, 4.69) is 15.9 Å². The van der Waals surface area contributed by atoms with E-state index in [4.69, 9.17) is 4.65 Å². The van der Waals surface area contributed by atoms with Gasteiger partial charge in [-0.15, -0.1) is 0 Å². The van der Waals surface area contributed by atoms with Gasteiger partial charge in [0.1, 0.15) is 5.75 Å². The number of halogens is 1. The maximum Gasteiger partial charge on any atom is 0.340 e. The minimum absolute atomic E-state index is 0.210. The van der Waals surface area contributed by atoms with E-state index >= 15 is 0 Å². The minimum Gasteiger partial charge on any atom is -0.562 e. The summed E-state index contributed by atoms with van der Waals surface area (Å²) in [5, 5.41) is 10.3. The molecule has 1 aromatic rings. The zero-order chi connectivity index (χ0) is 9.52. The van der Waals surface area contributed by atoms with E-state index in [9.17, 15) is 5.11 Å². The number of benzene rings is 1. The normalized spacial score (nSPS) is 9.62. The fourth-order valence-corrected chi connectivity index (χ4v) is 1.35. The van der Waals surface area contributed by atoms with Crippen LogP contribution < -0.4 is 4.65 Å². The van der Waals surface area contributed by atoms with Gasteiger partial charge in [0.25, 0.3) is 0 Å². The largest absolute Gasteiger partial charge is 0.562 e. The summed E-state index contributed by atoms with van der Waals surface area (Å²) in [6, 6.07) is 7.02. The standard InChI is InChI=1S/C9H12BBrO2/c11-7-3-6-10-13-9-5-2-1-4-8(9)12/h1-2,4-5,10,12H,3,6-7H2. The van der Waals surface area contributed by atoms with E-state index in [1.54, 1.807) is 18.2 Å². The Kier molecular flexibility index (Phi) is 4.75. The van der Waals surface area contributed by atoms with Gasteiger partial charge in [-0.1, -0.05) is 28.1 Å². The van der Waals surface area contributed by atoms with Crippen LogP contribution in [0.2, 0.25) is 6.32 Å². The summed E-state index contributed by atoms with van der Waals surface area (Å²) in [6.45, 7) is 0. The Bertz CT molecular complexity index is 255. The molecule has 0 saturated heterocycles. The SMILES string of the molecule is Oc1ccccc1OBCCCBr. The molecule has 0 aliphatic carbocycles. The lowest BCUT2D eigenvalue weighted by Gasteiger charge is -2.05. The molecule has 1 N–H and O–H groups in total. The number of hydrogen-bond donors (Lipinski definition) is 1. The van der Waals surface area contributed by atoms with Gasteiger partial charge < -0.3 is 9.76 Å². The Hall–Kier alpha value is -0.635. The lowest BCUT2D eigenvalue weighted by atomic mass is 9.93. The molecule has 0 spiro atoms. The van der Waals surface area contributed by atoms with Gasteiger partial charge in [0, 0.05) is 5.33 Å². The minimum atomic E-state index is 0.210. The molecule has 0 saturated carbocycles. The van der Waals surface area contributed by atoms with E-state index in [0.29, 0.717) is 13.2 Å². The highest BCUT2D eigenvalue weighted by molar-refractivity contribution is 9.09. The number of rotatable bonds is 5. The highest BCUT2D eigenvalue weighted by Crippen LogP contribution is 2.23. The summed E-state index contributed by atoms with van der Waals surface area (Å²) in [6.07, 6.45) is 2.09. The topological polar surface area (TPSA) is 29.5 Å². The van der Waals surface area contributed by atoms with Crippen molar-refractivity contribution in [3.63, 3.8) is 0 Å². The van der Waals surface area contributed by atoms with Crippen molar-refractivity contribution < 1.29 is 9.76 Å². The van der Waals surface area contributed by atoms with Gasteiger partial charge in [-0.3, -0.25) is 0 Å². The molecule has 0 radical (unpaired) electrons. The second-order valence-corrected chi connectivity index (χ2v) is 3.51. The Morgan fingerprint density at radius 1 is 1.38 bits per heavy atom. The molecule has 0 aliphatic heterocycles. The first-order valence-electron chi connectivity index (χ1n) is 4.31. The highest BCUT2D eigenvalue weighted by atomic mass is 79.9. The lowest BCUT2D eigenvalue weighted by Crippen LogP contribution is -2.01. The van der Waals surface area contributed by atoms with Crippen LogP contribution in [0, 0.1) is 0 Å². The van der Waals surface area contributed by atoms with Gasteiger partial charge in [-0.05, 0) is 24.9 Å². The van der Waals surface area contributed by atoms with Gasteiger partial charge in [-0.25, -0.2) is 0 Å². The van der Waals surface area contributed by atoms with Crippen LogP contribution in [0.3, 0.4) is 0 Å². The monoisotopic (exact) mass is 242 g/mol. The lowest BCUT2D eigenvalue weighted by molar-refractivity contribution is 0.443. The molecule has 0 atom stereocenters. The zero-order valence-corrected chi connectivity index (χ0v) is 8.96. The van der Waals surface area contributed by atoms with Crippen molar-refractivity contribution in [2.45, 2.75) is 12.7 Å². The van der Waals surface area contributed by atoms with Crippen LogP contribution >= 0.6 is 15.9 Å². The third-order valence-corrected chi connectivity index (χ3v) is 2.21. The summed E-state index contributed by atoms with van der Waals surface area (Å²) in [7, 11) is 0.656. The second kappa shape index (κ2) is 5.92. The highest BCUT2D eigenvalue weighted by Gasteiger charge is 2.00. The molecule has 0 unspecified atom stereocenters. The van der Waals surface area contributed by atoms with E-state index < -0.39 is 0 Å². The third kappa shape index (κ3) is 3.72. The van der Waals surface area contributed by atoms with Gasteiger partial charge in [0.2, 0.25) is 0 Å². The molecule has 1 rings (SSSR count). The third-order valence-electron chi connectivity index (χ3n) is 1.65. The quantitative estimate of drug-likeness (QED) is 0.488. The van der Waals surface area contributed by atoms with Crippen molar-refractivity contribution in [2.24, 2.45) is 0 Å². The summed E-state index contributed by atoms with van der Waals surface area (Å²) in [4.78, 5) is 0.